The van der Waals surface area contributed by atoms with Crippen molar-refractivity contribution in [2.45, 2.75) is 6.92 Å². The molecule has 3 aromatic rings. The molecule has 28 heavy (non-hydrogen) atoms. The minimum Gasteiger partial charge on any atom is -0.481 e. The lowest BCUT2D eigenvalue weighted by molar-refractivity contribution is 0.102. The predicted molar refractivity (Wildman–Crippen MR) is 104 cm³/mol. The molecule has 1 aliphatic rings. The van der Waals surface area contributed by atoms with Gasteiger partial charge in [0.2, 0.25) is 12.7 Å². The number of nitrogens with zero attached hydrogens (tertiary/aromatic N) is 2. The lowest BCUT2D eigenvalue weighted by Gasteiger charge is -2.10. The Morgan fingerprint density at radius 2 is 1.75 bits per heavy atom. The van der Waals surface area contributed by atoms with Gasteiger partial charge >= 0.3 is 0 Å². The number of rotatable bonds is 5. The fourth-order valence-electron chi connectivity index (χ4n) is 2.73. The van der Waals surface area contributed by atoms with Crippen LogP contribution in [0, 0.1) is 6.92 Å². The molecule has 142 valence electrons. The molecule has 8 heteroatoms. The molecule has 0 spiro atoms. The van der Waals surface area contributed by atoms with Gasteiger partial charge in [-0.3, -0.25) is 4.79 Å². The van der Waals surface area contributed by atoms with Crippen molar-refractivity contribution in [2.75, 3.05) is 24.5 Å². The van der Waals surface area contributed by atoms with Gasteiger partial charge in [0, 0.05) is 23.0 Å². The van der Waals surface area contributed by atoms with Gasteiger partial charge in [0.25, 0.3) is 5.91 Å². The van der Waals surface area contributed by atoms with Crippen molar-refractivity contribution in [3.63, 3.8) is 0 Å². The standard InChI is InChI=1S/C20H18N4O4/c1-12-21-18(10-19(22-12)26-2)23-14-4-6-15(7-5-14)24-20(25)13-3-8-16-17(9-13)28-11-27-16/h3-10H,11H2,1-2H3,(H,24,25)(H,21,22,23). The fourth-order valence-corrected chi connectivity index (χ4v) is 2.73. The van der Waals surface area contributed by atoms with E-state index in [1.807, 2.05) is 12.1 Å². The third kappa shape index (κ3) is 3.80. The Labute approximate surface area is 161 Å². The van der Waals surface area contributed by atoms with Gasteiger partial charge in [0.1, 0.15) is 11.6 Å². The molecular weight excluding hydrogens is 360 g/mol. The van der Waals surface area contributed by atoms with Gasteiger partial charge in [-0.15, -0.1) is 0 Å². The first-order valence-corrected chi connectivity index (χ1v) is 8.58. The zero-order valence-electron chi connectivity index (χ0n) is 15.4. The molecule has 1 aliphatic heterocycles. The Morgan fingerprint density at radius 3 is 2.54 bits per heavy atom. The van der Waals surface area contributed by atoms with Gasteiger partial charge in [-0.05, 0) is 49.4 Å². The molecule has 0 atom stereocenters. The molecule has 0 radical (unpaired) electrons. The number of benzene rings is 2. The summed E-state index contributed by atoms with van der Waals surface area (Å²) in [5, 5.41) is 6.04. The number of amides is 1. The Bertz CT molecular complexity index is 1020. The molecule has 0 aliphatic carbocycles. The van der Waals surface area contributed by atoms with Crippen molar-refractivity contribution in [1.29, 1.82) is 0 Å². The monoisotopic (exact) mass is 378 g/mol. The van der Waals surface area contributed by atoms with Gasteiger partial charge in [-0.1, -0.05) is 0 Å². The van der Waals surface area contributed by atoms with Crippen LogP contribution in [-0.4, -0.2) is 29.8 Å². The largest absolute Gasteiger partial charge is 0.481 e. The maximum absolute atomic E-state index is 12.4. The van der Waals surface area contributed by atoms with Crippen LogP contribution < -0.4 is 24.8 Å². The summed E-state index contributed by atoms with van der Waals surface area (Å²) in [5.74, 6) is 2.71. The summed E-state index contributed by atoms with van der Waals surface area (Å²) >= 11 is 0. The highest BCUT2D eigenvalue weighted by Gasteiger charge is 2.16. The molecule has 1 aromatic heterocycles. The molecule has 0 unspecified atom stereocenters. The second-order valence-corrected chi connectivity index (χ2v) is 6.07. The lowest BCUT2D eigenvalue weighted by Crippen LogP contribution is -2.11. The van der Waals surface area contributed by atoms with Gasteiger partial charge in [0.15, 0.2) is 11.5 Å². The Morgan fingerprint density at radius 1 is 1.00 bits per heavy atom. The smallest absolute Gasteiger partial charge is 0.255 e. The van der Waals surface area contributed by atoms with Gasteiger partial charge in [-0.2, -0.15) is 4.98 Å². The van der Waals surface area contributed by atoms with Crippen LogP contribution in [0.3, 0.4) is 0 Å². The predicted octanol–water partition coefficient (Wildman–Crippen LogP) is 3.52. The summed E-state index contributed by atoms with van der Waals surface area (Å²) in [7, 11) is 1.56. The van der Waals surface area contributed by atoms with Crippen molar-refractivity contribution < 1.29 is 19.0 Å². The van der Waals surface area contributed by atoms with E-state index < -0.39 is 0 Å². The third-order valence-electron chi connectivity index (χ3n) is 4.07. The summed E-state index contributed by atoms with van der Waals surface area (Å²) in [4.78, 5) is 20.9. The first-order valence-electron chi connectivity index (χ1n) is 8.58. The summed E-state index contributed by atoms with van der Waals surface area (Å²) < 4.78 is 15.7. The van der Waals surface area contributed by atoms with Gasteiger partial charge < -0.3 is 24.8 Å². The van der Waals surface area contributed by atoms with E-state index in [1.165, 1.54) is 0 Å². The molecule has 0 bridgehead atoms. The number of aryl methyl sites for hydroxylation is 1. The highest BCUT2D eigenvalue weighted by atomic mass is 16.7. The molecule has 8 nitrogen and oxygen atoms in total. The Balaban J connectivity index is 1.43. The Kier molecular flexibility index (Phi) is 4.67. The van der Waals surface area contributed by atoms with Crippen LogP contribution in [0.1, 0.15) is 16.2 Å². The highest BCUT2D eigenvalue weighted by molar-refractivity contribution is 6.04. The molecule has 2 heterocycles. The first-order chi connectivity index (χ1) is 13.6. The second-order valence-electron chi connectivity index (χ2n) is 6.07. The minimum absolute atomic E-state index is 0.173. The highest BCUT2D eigenvalue weighted by Crippen LogP contribution is 2.32. The molecule has 2 N–H and O–H groups in total. The van der Waals surface area contributed by atoms with Crippen LogP contribution in [-0.2, 0) is 0 Å². The number of carbonyl (C=O) groups excluding carboxylic acids is 1. The van der Waals surface area contributed by atoms with Crippen molar-refractivity contribution in [3.8, 4) is 17.4 Å². The number of aromatic nitrogens is 2. The second kappa shape index (κ2) is 7.43. The number of ether oxygens (including phenoxy) is 3. The van der Waals surface area contributed by atoms with Crippen LogP contribution in [0.15, 0.2) is 48.5 Å². The number of carbonyl (C=O) groups is 1. The molecular formula is C20H18N4O4. The number of nitrogens with one attached hydrogen (secondary N) is 2. The number of methoxy groups -OCH3 is 1. The summed E-state index contributed by atoms with van der Waals surface area (Å²) in [5.41, 5.74) is 1.99. The van der Waals surface area contributed by atoms with E-state index in [0.29, 0.717) is 40.3 Å². The maximum atomic E-state index is 12.4. The summed E-state index contributed by atoms with van der Waals surface area (Å²) in [6, 6.07) is 14.1. The topological polar surface area (TPSA) is 94.6 Å². The SMILES string of the molecule is COc1cc(Nc2ccc(NC(=O)c3ccc4c(c3)OCO4)cc2)nc(C)n1. The molecule has 0 saturated heterocycles. The first kappa shape index (κ1) is 17.6. The van der Waals surface area contributed by atoms with E-state index in [0.717, 1.165) is 5.69 Å². The molecule has 0 fully saturated rings. The number of hydrogen-bond donors (Lipinski definition) is 2. The summed E-state index contributed by atoms with van der Waals surface area (Å²) in [6.07, 6.45) is 0. The average molecular weight is 378 g/mol. The maximum Gasteiger partial charge on any atom is 0.255 e. The zero-order chi connectivity index (χ0) is 19.5. The normalized spacial score (nSPS) is 11.8. The number of anilines is 3. The van der Waals surface area contributed by atoms with E-state index in [9.17, 15) is 4.79 Å². The number of fused-ring (bicyclic) bond motifs is 1. The van der Waals surface area contributed by atoms with Crippen molar-refractivity contribution >= 4 is 23.1 Å². The number of hydrogen-bond acceptors (Lipinski definition) is 7. The van der Waals surface area contributed by atoms with E-state index in [4.69, 9.17) is 14.2 Å². The zero-order valence-corrected chi connectivity index (χ0v) is 15.4. The quantitative estimate of drug-likeness (QED) is 0.701. The molecule has 1 amide bonds. The van der Waals surface area contributed by atoms with E-state index in [1.54, 1.807) is 50.4 Å². The van der Waals surface area contributed by atoms with Crippen LogP contribution in [0.5, 0.6) is 17.4 Å². The minimum atomic E-state index is -0.227. The molecule has 0 saturated carbocycles. The van der Waals surface area contributed by atoms with Crippen molar-refractivity contribution in [3.05, 3.63) is 59.9 Å². The van der Waals surface area contributed by atoms with Crippen molar-refractivity contribution in [2.24, 2.45) is 0 Å². The van der Waals surface area contributed by atoms with Gasteiger partial charge in [0.05, 0.1) is 7.11 Å². The average Bonchev–Trinajstić information content (AvgIpc) is 3.17. The summed E-state index contributed by atoms with van der Waals surface area (Å²) in [6.45, 7) is 1.97. The fraction of sp³-hybridized carbons (Fsp3) is 0.150. The van der Waals surface area contributed by atoms with Crippen molar-refractivity contribution in [1.82, 2.24) is 9.97 Å². The van der Waals surface area contributed by atoms with Gasteiger partial charge in [-0.25, -0.2) is 4.98 Å². The van der Waals surface area contributed by atoms with Crippen LogP contribution in [0.25, 0.3) is 0 Å². The molecule has 2 aromatic carbocycles. The third-order valence-corrected chi connectivity index (χ3v) is 4.07. The van der Waals surface area contributed by atoms with Crippen LogP contribution in [0.4, 0.5) is 17.2 Å². The van der Waals surface area contributed by atoms with E-state index >= 15 is 0 Å². The van der Waals surface area contributed by atoms with Crippen LogP contribution >= 0.6 is 0 Å². The Hall–Kier alpha value is -3.81. The van der Waals surface area contributed by atoms with E-state index in [-0.39, 0.29) is 12.7 Å². The lowest BCUT2D eigenvalue weighted by atomic mass is 10.2. The van der Waals surface area contributed by atoms with Crippen LogP contribution in [0.2, 0.25) is 0 Å². The molecule has 4 rings (SSSR count). The van der Waals surface area contributed by atoms with E-state index in [2.05, 4.69) is 20.6 Å².